The van der Waals surface area contributed by atoms with Crippen molar-refractivity contribution in [3.8, 4) is 44.5 Å². The van der Waals surface area contributed by atoms with E-state index in [0.717, 1.165) is 0 Å². The summed E-state index contributed by atoms with van der Waals surface area (Å²) < 4.78 is 0. The van der Waals surface area contributed by atoms with Gasteiger partial charge in [-0.05, 0) is 198 Å². The summed E-state index contributed by atoms with van der Waals surface area (Å²) in [5.74, 6) is 0. The van der Waals surface area contributed by atoms with E-state index in [2.05, 4.69) is 357 Å². The van der Waals surface area contributed by atoms with Crippen LogP contribution < -0.4 is 0 Å². The first-order chi connectivity index (χ1) is 42.9. The van der Waals surface area contributed by atoms with E-state index in [4.69, 9.17) is 0 Å². The smallest absolute Gasteiger partial charge is 0.0622 e. The maximum Gasteiger partial charge on any atom is 0.0725 e. The highest BCUT2D eigenvalue weighted by Crippen LogP contribution is 2.63. The Labute approximate surface area is 531 Å². The molecule has 1 spiro atoms. The van der Waals surface area contributed by atoms with Gasteiger partial charge in [-0.1, -0.05) is 326 Å². The Morgan fingerprint density at radius 3 is 0.854 bits per heavy atom. The van der Waals surface area contributed by atoms with E-state index in [-0.39, 0.29) is 10.8 Å². The van der Waals surface area contributed by atoms with Gasteiger partial charge in [0, 0.05) is 5.41 Å². The van der Waals surface area contributed by atoms with Crippen molar-refractivity contribution in [2.45, 2.75) is 101 Å². The second kappa shape index (κ2) is 26.0. The average molecular weight is 1150 g/mol. The molecule has 0 bridgehead atoms. The fourth-order valence-corrected chi connectivity index (χ4v) is 13.6. The minimum atomic E-state index is -0.199. The Balaban J connectivity index is 0.000000116. The molecule has 0 aliphatic heterocycles. The van der Waals surface area contributed by atoms with Gasteiger partial charge >= 0.3 is 0 Å². The molecule has 0 N–H and O–H groups in total. The molecule has 3 aliphatic carbocycles. The van der Waals surface area contributed by atoms with Crippen molar-refractivity contribution < 1.29 is 0 Å². The number of rotatable bonds is 1. The van der Waals surface area contributed by atoms with Gasteiger partial charge in [0.2, 0.25) is 0 Å². The normalized spacial score (nSPS) is 12.5. The fourth-order valence-electron chi connectivity index (χ4n) is 13.6. The van der Waals surface area contributed by atoms with Crippen LogP contribution in [0.2, 0.25) is 0 Å². The third kappa shape index (κ3) is 12.4. The Kier molecular flexibility index (Phi) is 17.8. The second-order valence-corrected chi connectivity index (χ2v) is 25.5. The van der Waals surface area contributed by atoms with Crippen LogP contribution in [-0.2, 0) is 10.8 Å². The van der Waals surface area contributed by atoms with Crippen LogP contribution >= 0.6 is 0 Å². The van der Waals surface area contributed by atoms with Crippen LogP contribution in [0.25, 0.3) is 66.1 Å². The standard InChI is InChI=1S/C27H20.C17H18.C13H12.2C12H12.C8H10/c1-17-11-13-21-22-14-12-18(2)16-26(22)27(25(21)15-17)23-9-5-3-7-19(23)20-8-4-6-10-24(20)27;1-11-5-7-13-14-8-6-12(2)10-16(14)17(3,4)15(13)9-11;1-11-7-9-13(10-8-11)12-5-3-2-4-6-12;1-9-5-3-8-12-10(2)6-4-7-11(9)12;1-9-7-8-10(2)12-6-4-3-5-11(9)12;1-7-3-5-8(2)6-4-7/h3-16H,1-2H3;5-10H,1-4H3;2-10H,1H3;2*3-8H,1-2H3;3-6H,1-2H3. The minimum Gasteiger partial charge on any atom is -0.0622 e. The molecule has 0 saturated carbocycles. The average Bonchev–Trinajstić information content (AvgIpc) is 1.52. The molecule has 13 aromatic rings. The summed E-state index contributed by atoms with van der Waals surface area (Å²) in [6.07, 6.45) is 0. The van der Waals surface area contributed by atoms with Crippen molar-refractivity contribution in [2.75, 3.05) is 0 Å². The van der Waals surface area contributed by atoms with Gasteiger partial charge < -0.3 is 0 Å². The van der Waals surface area contributed by atoms with Gasteiger partial charge in [-0.3, -0.25) is 0 Å². The molecule has 0 radical (unpaired) electrons. The molecular weight excluding hydrogens is 1070 g/mol. The van der Waals surface area contributed by atoms with Crippen LogP contribution in [0, 0.1) is 76.2 Å². The van der Waals surface area contributed by atoms with Crippen LogP contribution in [0.4, 0.5) is 0 Å². The van der Waals surface area contributed by atoms with E-state index in [1.165, 1.54) is 161 Å². The molecule has 0 fully saturated rings. The molecule has 440 valence electrons. The third-order valence-corrected chi connectivity index (χ3v) is 18.5. The molecular formula is C89H84. The Morgan fingerprint density at radius 1 is 0.191 bits per heavy atom. The highest BCUT2D eigenvalue weighted by Gasteiger charge is 2.51. The van der Waals surface area contributed by atoms with Gasteiger partial charge in [-0.15, -0.1) is 0 Å². The zero-order valence-corrected chi connectivity index (χ0v) is 54.5. The first-order valence-corrected chi connectivity index (χ1v) is 31.6. The van der Waals surface area contributed by atoms with Gasteiger partial charge in [0.05, 0.1) is 5.41 Å². The van der Waals surface area contributed by atoms with Crippen molar-refractivity contribution in [1.29, 1.82) is 0 Å². The van der Waals surface area contributed by atoms with E-state index >= 15 is 0 Å². The number of fused-ring (bicyclic) bond motifs is 15. The molecule has 13 aromatic carbocycles. The van der Waals surface area contributed by atoms with Crippen LogP contribution in [0.15, 0.2) is 273 Å². The fraction of sp³-hybridized carbons (Fsp3) is 0.169. The topological polar surface area (TPSA) is 0 Å². The van der Waals surface area contributed by atoms with Gasteiger partial charge in [0.1, 0.15) is 0 Å². The molecule has 0 nitrogen and oxygen atoms in total. The van der Waals surface area contributed by atoms with E-state index in [9.17, 15) is 0 Å². The monoisotopic (exact) mass is 1150 g/mol. The zero-order chi connectivity index (χ0) is 62.6. The number of benzene rings is 13. The summed E-state index contributed by atoms with van der Waals surface area (Å²) in [5, 5.41) is 5.49. The lowest BCUT2D eigenvalue weighted by atomic mass is 9.70. The van der Waals surface area contributed by atoms with Crippen LogP contribution in [0.3, 0.4) is 0 Å². The molecule has 3 aliphatic rings. The van der Waals surface area contributed by atoms with Crippen molar-refractivity contribution >= 4 is 21.5 Å². The summed E-state index contributed by atoms with van der Waals surface area (Å²) in [6, 6.07) is 98.8. The summed E-state index contributed by atoms with van der Waals surface area (Å²) in [4.78, 5) is 0. The summed E-state index contributed by atoms with van der Waals surface area (Å²) >= 11 is 0. The van der Waals surface area contributed by atoms with Crippen LogP contribution in [0.5, 0.6) is 0 Å². The van der Waals surface area contributed by atoms with Crippen molar-refractivity contribution in [2.24, 2.45) is 0 Å². The molecule has 0 unspecified atom stereocenters. The molecule has 89 heavy (non-hydrogen) atoms. The van der Waals surface area contributed by atoms with Gasteiger partial charge in [0.25, 0.3) is 0 Å². The highest BCUT2D eigenvalue weighted by molar-refractivity contribution is 5.95. The van der Waals surface area contributed by atoms with Crippen molar-refractivity contribution in [3.05, 3.63) is 368 Å². The lowest BCUT2D eigenvalue weighted by Gasteiger charge is -2.30. The van der Waals surface area contributed by atoms with Gasteiger partial charge in [-0.25, -0.2) is 0 Å². The van der Waals surface area contributed by atoms with E-state index < -0.39 is 0 Å². The van der Waals surface area contributed by atoms with Gasteiger partial charge in [-0.2, -0.15) is 0 Å². The third-order valence-electron chi connectivity index (χ3n) is 18.5. The van der Waals surface area contributed by atoms with E-state index in [1.54, 1.807) is 0 Å². The van der Waals surface area contributed by atoms with E-state index in [0.29, 0.717) is 0 Å². The molecule has 0 aromatic heterocycles. The first kappa shape index (κ1) is 61.0. The molecule has 0 heterocycles. The quantitative estimate of drug-likeness (QED) is 0.154. The molecule has 0 atom stereocenters. The highest BCUT2D eigenvalue weighted by atomic mass is 14.5. The predicted molar refractivity (Wildman–Crippen MR) is 385 cm³/mol. The molecule has 0 heteroatoms. The maximum atomic E-state index is 2.41. The second-order valence-electron chi connectivity index (χ2n) is 25.5. The zero-order valence-electron chi connectivity index (χ0n) is 54.5. The summed E-state index contributed by atoms with van der Waals surface area (Å²) in [5.41, 5.74) is 34.2. The molecule has 16 rings (SSSR count). The first-order valence-electron chi connectivity index (χ1n) is 31.6. The Morgan fingerprint density at radius 2 is 0.461 bits per heavy atom. The minimum absolute atomic E-state index is 0.142. The lowest BCUT2D eigenvalue weighted by molar-refractivity contribution is 0.659. The number of aryl methyl sites for hydroxylation is 11. The van der Waals surface area contributed by atoms with Crippen molar-refractivity contribution in [3.63, 3.8) is 0 Å². The van der Waals surface area contributed by atoms with Crippen LogP contribution in [-0.4, -0.2) is 0 Å². The Bertz CT molecular complexity index is 4370. The largest absolute Gasteiger partial charge is 0.0725 e. The number of hydrogen-bond acceptors (Lipinski definition) is 0. The Hall–Kier alpha value is -9.62. The molecule has 0 saturated heterocycles. The van der Waals surface area contributed by atoms with Crippen LogP contribution in [0.1, 0.15) is 108 Å². The summed E-state index contributed by atoms with van der Waals surface area (Å²) in [7, 11) is 0. The number of hydrogen-bond donors (Lipinski definition) is 0. The predicted octanol–water partition coefficient (Wildman–Crippen LogP) is 24.1. The summed E-state index contributed by atoms with van der Waals surface area (Å²) in [6.45, 7) is 28.3. The molecule has 0 amide bonds. The maximum absolute atomic E-state index is 2.41. The van der Waals surface area contributed by atoms with E-state index in [1.807, 2.05) is 6.07 Å². The lowest BCUT2D eigenvalue weighted by Crippen LogP contribution is -2.26. The SMILES string of the molecule is Cc1ccc(-c2ccccc2)cc1.Cc1ccc(C)c2ccccc12.Cc1ccc(C)cc1.Cc1ccc2c(c1)C(C)(C)c1cc(C)ccc1-2.Cc1ccc2c(c1)C1(c3ccccc3-c3ccccc31)c1cc(C)ccc1-2.Cc1cccc2c(C)cccc12. The van der Waals surface area contributed by atoms with Gasteiger partial charge in [0.15, 0.2) is 0 Å². The van der Waals surface area contributed by atoms with Crippen molar-refractivity contribution in [1.82, 2.24) is 0 Å².